The summed E-state index contributed by atoms with van der Waals surface area (Å²) in [5.41, 5.74) is 0.754. The Morgan fingerprint density at radius 1 is 1.35 bits per heavy atom. The smallest absolute Gasteiger partial charge is 0.241 e. The molecule has 0 bridgehead atoms. The van der Waals surface area contributed by atoms with Crippen LogP contribution in [-0.4, -0.2) is 41.2 Å². The number of aromatic nitrogens is 2. The van der Waals surface area contributed by atoms with Crippen LogP contribution >= 0.6 is 12.4 Å². The zero-order valence-corrected chi connectivity index (χ0v) is 11.9. The van der Waals surface area contributed by atoms with E-state index < -0.39 is 0 Å². The molecule has 2 aromatic rings. The highest BCUT2D eigenvalue weighted by molar-refractivity contribution is 5.85. The molecule has 0 amide bonds. The Morgan fingerprint density at radius 2 is 2.05 bits per heavy atom. The molecular weight excluding hydrogens is 283 g/mol. The van der Waals surface area contributed by atoms with Gasteiger partial charge in [0.1, 0.15) is 5.82 Å². The molecule has 1 fully saturated rings. The Bertz CT molecular complexity index is 556. The van der Waals surface area contributed by atoms with Crippen LogP contribution in [0.1, 0.15) is 5.89 Å². The van der Waals surface area contributed by atoms with E-state index in [-0.39, 0.29) is 18.2 Å². The Balaban J connectivity index is 0.00000147. The number of hydrogen-bond acceptors (Lipinski definition) is 5. The number of nitrogens with one attached hydrogen (secondary N) is 1. The monoisotopic (exact) mass is 298 g/mol. The molecule has 0 spiro atoms. The summed E-state index contributed by atoms with van der Waals surface area (Å²) in [5, 5.41) is 7.14. The van der Waals surface area contributed by atoms with Crippen molar-refractivity contribution in [3.63, 3.8) is 0 Å². The molecule has 2 heterocycles. The fourth-order valence-electron chi connectivity index (χ4n) is 1.96. The molecule has 108 valence electrons. The number of likely N-dealkylation sites (N-methyl/N-ethyl adjacent to an activating group) is 1. The van der Waals surface area contributed by atoms with Crippen LogP contribution in [0.15, 0.2) is 28.8 Å². The summed E-state index contributed by atoms with van der Waals surface area (Å²) < 4.78 is 18.1. The lowest BCUT2D eigenvalue weighted by Crippen LogP contribution is -2.55. The summed E-state index contributed by atoms with van der Waals surface area (Å²) in [4.78, 5) is 6.51. The molecule has 1 aromatic heterocycles. The molecule has 7 heteroatoms. The topological polar surface area (TPSA) is 54.2 Å². The predicted molar refractivity (Wildman–Crippen MR) is 75.1 cm³/mol. The van der Waals surface area contributed by atoms with Gasteiger partial charge in [0.2, 0.25) is 11.7 Å². The first-order valence-electron chi connectivity index (χ1n) is 6.22. The van der Waals surface area contributed by atoms with E-state index in [4.69, 9.17) is 4.52 Å². The molecule has 20 heavy (non-hydrogen) atoms. The summed E-state index contributed by atoms with van der Waals surface area (Å²) in [7, 11) is 2.03. The SMILES string of the molecule is CN(Cc1nc(-c2ccc(F)cc2)no1)C1CNC1.Cl. The largest absolute Gasteiger partial charge is 0.338 e. The molecule has 0 saturated carbocycles. The molecule has 0 atom stereocenters. The quantitative estimate of drug-likeness (QED) is 0.931. The van der Waals surface area contributed by atoms with Crippen molar-refractivity contribution in [2.75, 3.05) is 20.1 Å². The molecular formula is C13H16ClFN4O. The van der Waals surface area contributed by atoms with Crippen LogP contribution in [0.25, 0.3) is 11.4 Å². The van der Waals surface area contributed by atoms with E-state index in [0.29, 0.717) is 24.3 Å². The van der Waals surface area contributed by atoms with Crippen molar-refractivity contribution >= 4 is 12.4 Å². The lowest BCUT2D eigenvalue weighted by Gasteiger charge is -2.34. The summed E-state index contributed by atoms with van der Waals surface area (Å²) in [6, 6.07) is 6.59. The molecule has 1 saturated heterocycles. The third-order valence-corrected chi connectivity index (χ3v) is 3.34. The summed E-state index contributed by atoms with van der Waals surface area (Å²) >= 11 is 0. The van der Waals surface area contributed by atoms with Gasteiger partial charge < -0.3 is 9.84 Å². The maximum Gasteiger partial charge on any atom is 0.241 e. The summed E-state index contributed by atoms with van der Waals surface area (Å²) in [5.74, 6) is 0.800. The van der Waals surface area contributed by atoms with Gasteiger partial charge in [0.15, 0.2) is 0 Å². The van der Waals surface area contributed by atoms with Crippen LogP contribution < -0.4 is 5.32 Å². The number of halogens is 2. The summed E-state index contributed by atoms with van der Waals surface area (Å²) in [6.45, 7) is 2.62. The van der Waals surface area contributed by atoms with Gasteiger partial charge in [0.25, 0.3) is 0 Å². The van der Waals surface area contributed by atoms with Crippen LogP contribution in [0.2, 0.25) is 0 Å². The fraction of sp³-hybridized carbons (Fsp3) is 0.385. The second kappa shape index (κ2) is 6.30. The van der Waals surface area contributed by atoms with E-state index in [2.05, 4.69) is 20.4 Å². The van der Waals surface area contributed by atoms with Crippen LogP contribution in [0, 0.1) is 5.82 Å². The van der Waals surface area contributed by atoms with Gasteiger partial charge in [0, 0.05) is 24.7 Å². The lowest BCUT2D eigenvalue weighted by molar-refractivity contribution is 0.155. The minimum atomic E-state index is -0.273. The van der Waals surface area contributed by atoms with E-state index in [0.717, 1.165) is 18.7 Å². The van der Waals surface area contributed by atoms with Crippen molar-refractivity contribution in [3.05, 3.63) is 36.0 Å². The molecule has 3 rings (SSSR count). The molecule has 5 nitrogen and oxygen atoms in total. The highest BCUT2D eigenvalue weighted by Gasteiger charge is 2.23. The van der Waals surface area contributed by atoms with Crippen molar-refractivity contribution in [1.82, 2.24) is 20.4 Å². The number of nitrogens with zero attached hydrogens (tertiary/aromatic N) is 3. The highest BCUT2D eigenvalue weighted by Crippen LogP contribution is 2.17. The molecule has 1 aliphatic rings. The third-order valence-electron chi connectivity index (χ3n) is 3.34. The molecule has 1 aliphatic heterocycles. The van der Waals surface area contributed by atoms with Crippen molar-refractivity contribution in [2.24, 2.45) is 0 Å². The maximum absolute atomic E-state index is 12.8. The van der Waals surface area contributed by atoms with Crippen LogP contribution in [0.4, 0.5) is 4.39 Å². The maximum atomic E-state index is 12.8. The standard InChI is InChI=1S/C13H15FN4O.ClH/c1-18(11-6-15-7-11)8-12-16-13(17-19-12)9-2-4-10(14)5-3-9;/h2-5,11,15H,6-8H2,1H3;1H. The van der Waals surface area contributed by atoms with Gasteiger partial charge in [-0.2, -0.15) is 4.98 Å². The Labute approximate surface area is 122 Å². The van der Waals surface area contributed by atoms with Crippen molar-refractivity contribution in [3.8, 4) is 11.4 Å². The van der Waals surface area contributed by atoms with Gasteiger partial charge >= 0.3 is 0 Å². The molecule has 0 radical (unpaired) electrons. The van der Waals surface area contributed by atoms with Gasteiger partial charge in [-0.15, -0.1) is 12.4 Å². The summed E-state index contributed by atoms with van der Waals surface area (Å²) in [6.07, 6.45) is 0. The second-order valence-electron chi connectivity index (χ2n) is 4.75. The van der Waals surface area contributed by atoms with E-state index in [1.165, 1.54) is 12.1 Å². The Kier molecular flexibility index (Phi) is 4.69. The van der Waals surface area contributed by atoms with Gasteiger partial charge in [-0.3, -0.25) is 4.90 Å². The molecule has 1 N–H and O–H groups in total. The van der Waals surface area contributed by atoms with Crippen molar-refractivity contribution in [2.45, 2.75) is 12.6 Å². The minimum Gasteiger partial charge on any atom is -0.338 e. The highest BCUT2D eigenvalue weighted by atomic mass is 35.5. The lowest BCUT2D eigenvalue weighted by atomic mass is 10.1. The fourth-order valence-corrected chi connectivity index (χ4v) is 1.96. The Hall–Kier alpha value is -1.50. The van der Waals surface area contributed by atoms with Crippen molar-refractivity contribution < 1.29 is 8.91 Å². The van der Waals surface area contributed by atoms with E-state index >= 15 is 0 Å². The van der Waals surface area contributed by atoms with Crippen molar-refractivity contribution in [1.29, 1.82) is 0 Å². The average Bonchev–Trinajstić information content (AvgIpc) is 2.76. The predicted octanol–water partition coefficient (Wildman–Crippen LogP) is 1.70. The zero-order valence-electron chi connectivity index (χ0n) is 11.0. The number of hydrogen-bond donors (Lipinski definition) is 1. The molecule has 1 aromatic carbocycles. The number of rotatable bonds is 4. The van der Waals surface area contributed by atoms with Crippen LogP contribution in [0.3, 0.4) is 0 Å². The van der Waals surface area contributed by atoms with E-state index in [1.54, 1.807) is 12.1 Å². The first-order chi connectivity index (χ1) is 9.22. The van der Waals surface area contributed by atoms with Gasteiger partial charge in [-0.05, 0) is 31.3 Å². The van der Waals surface area contributed by atoms with E-state index in [1.807, 2.05) is 7.05 Å². The zero-order chi connectivity index (χ0) is 13.2. The molecule has 0 unspecified atom stereocenters. The van der Waals surface area contributed by atoms with Crippen LogP contribution in [-0.2, 0) is 6.54 Å². The average molecular weight is 299 g/mol. The molecule has 0 aliphatic carbocycles. The van der Waals surface area contributed by atoms with E-state index in [9.17, 15) is 4.39 Å². The first kappa shape index (κ1) is 14.9. The minimum absolute atomic E-state index is 0. The van der Waals surface area contributed by atoms with Gasteiger partial charge in [0.05, 0.1) is 6.54 Å². The Morgan fingerprint density at radius 3 is 2.65 bits per heavy atom. The second-order valence-corrected chi connectivity index (χ2v) is 4.75. The van der Waals surface area contributed by atoms with Gasteiger partial charge in [-0.1, -0.05) is 5.16 Å². The third kappa shape index (κ3) is 3.15. The van der Waals surface area contributed by atoms with Gasteiger partial charge in [-0.25, -0.2) is 4.39 Å². The first-order valence-corrected chi connectivity index (χ1v) is 6.22. The van der Waals surface area contributed by atoms with Crippen LogP contribution in [0.5, 0.6) is 0 Å². The number of benzene rings is 1. The normalized spacial score (nSPS) is 14.9.